The van der Waals surface area contributed by atoms with Gasteiger partial charge in [-0.3, -0.25) is 4.79 Å². The Labute approximate surface area is 169 Å². The van der Waals surface area contributed by atoms with Gasteiger partial charge in [0.25, 0.3) is 5.91 Å². The van der Waals surface area contributed by atoms with E-state index in [2.05, 4.69) is 5.32 Å². The maximum absolute atomic E-state index is 13.5. The molecule has 7 nitrogen and oxygen atoms in total. The molecule has 1 heterocycles. The van der Waals surface area contributed by atoms with Crippen LogP contribution in [0.5, 0.6) is 5.75 Å². The zero-order valence-corrected chi connectivity index (χ0v) is 16.9. The first-order valence-electron chi connectivity index (χ1n) is 9.23. The second kappa shape index (κ2) is 9.34. The number of morpholine rings is 1. The van der Waals surface area contributed by atoms with Crippen molar-refractivity contribution in [3.05, 3.63) is 59.4 Å². The van der Waals surface area contributed by atoms with Crippen LogP contribution in [0.15, 0.2) is 47.4 Å². The lowest BCUT2D eigenvalue weighted by molar-refractivity contribution is 0.0730. The van der Waals surface area contributed by atoms with Crippen LogP contribution in [0.25, 0.3) is 0 Å². The summed E-state index contributed by atoms with van der Waals surface area (Å²) in [6.45, 7) is 3.22. The number of hydrogen-bond donors (Lipinski definition) is 1. The van der Waals surface area contributed by atoms with Gasteiger partial charge in [0.2, 0.25) is 10.0 Å². The summed E-state index contributed by atoms with van der Waals surface area (Å²) in [5.74, 6) is -0.786. The third-order valence-electron chi connectivity index (χ3n) is 4.54. The minimum Gasteiger partial charge on any atom is -0.489 e. The Bertz CT molecular complexity index is 975. The monoisotopic (exact) mass is 422 g/mol. The highest BCUT2D eigenvalue weighted by Gasteiger charge is 2.27. The molecule has 1 N–H and O–H groups in total. The van der Waals surface area contributed by atoms with Crippen molar-refractivity contribution in [2.75, 3.05) is 39.5 Å². The van der Waals surface area contributed by atoms with Gasteiger partial charge in [-0.2, -0.15) is 4.31 Å². The molecule has 29 heavy (non-hydrogen) atoms. The third kappa shape index (κ3) is 5.11. The molecule has 1 saturated heterocycles. The molecular weight excluding hydrogens is 399 g/mol. The van der Waals surface area contributed by atoms with Crippen LogP contribution < -0.4 is 10.1 Å². The molecule has 1 fully saturated rings. The molecule has 1 aliphatic rings. The lowest BCUT2D eigenvalue weighted by Crippen LogP contribution is -2.40. The number of nitrogens with zero attached hydrogens (tertiary/aromatic N) is 1. The number of ether oxygens (including phenoxy) is 2. The molecule has 0 aliphatic carbocycles. The average Bonchev–Trinajstić information content (AvgIpc) is 2.73. The average molecular weight is 422 g/mol. The number of nitrogens with one attached hydrogen (secondary N) is 1. The molecule has 2 aromatic carbocycles. The summed E-state index contributed by atoms with van der Waals surface area (Å²) in [5, 5.41) is 2.67. The van der Waals surface area contributed by atoms with Crippen LogP contribution in [-0.4, -0.2) is 58.1 Å². The molecular formula is C20H23FN2O5S. The van der Waals surface area contributed by atoms with E-state index in [0.29, 0.717) is 18.8 Å². The Morgan fingerprint density at radius 1 is 1.21 bits per heavy atom. The number of para-hydroxylation sites is 1. The molecule has 0 spiro atoms. The largest absolute Gasteiger partial charge is 0.489 e. The zero-order chi connectivity index (χ0) is 20.9. The highest BCUT2D eigenvalue weighted by atomic mass is 32.2. The number of amides is 1. The standard InChI is InChI=1S/C20H23FN2O5S/c1-15-6-7-16(29(25,26)23-9-12-27-13-10-23)14-17(15)20(24)22-8-11-28-19-5-3-2-4-18(19)21/h2-7,14H,8-13H2,1H3,(H,22,24). The fourth-order valence-electron chi connectivity index (χ4n) is 2.92. The topological polar surface area (TPSA) is 84.9 Å². The van der Waals surface area contributed by atoms with E-state index < -0.39 is 21.7 Å². The van der Waals surface area contributed by atoms with E-state index >= 15 is 0 Å². The summed E-state index contributed by atoms with van der Waals surface area (Å²) < 4.78 is 51.0. The maximum atomic E-state index is 13.5. The molecule has 1 aliphatic heterocycles. The van der Waals surface area contributed by atoms with Gasteiger partial charge in [-0.05, 0) is 36.8 Å². The van der Waals surface area contributed by atoms with Crippen LogP contribution >= 0.6 is 0 Å². The van der Waals surface area contributed by atoms with Gasteiger partial charge in [0.05, 0.1) is 24.7 Å². The molecule has 0 bridgehead atoms. The zero-order valence-electron chi connectivity index (χ0n) is 16.1. The van der Waals surface area contributed by atoms with Crippen LogP contribution in [-0.2, 0) is 14.8 Å². The summed E-state index contributed by atoms with van der Waals surface area (Å²) in [4.78, 5) is 12.6. The predicted octanol–water partition coefficient (Wildman–Crippen LogP) is 1.96. The molecule has 0 radical (unpaired) electrons. The van der Waals surface area contributed by atoms with Crippen molar-refractivity contribution >= 4 is 15.9 Å². The van der Waals surface area contributed by atoms with Gasteiger partial charge in [0.15, 0.2) is 11.6 Å². The molecule has 0 aromatic heterocycles. The first-order chi connectivity index (χ1) is 13.9. The minimum atomic E-state index is -3.69. The van der Waals surface area contributed by atoms with Crippen LogP contribution in [0.1, 0.15) is 15.9 Å². The van der Waals surface area contributed by atoms with Crippen molar-refractivity contribution in [3.8, 4) is 5.75 Å². The smallest absolute Gasteiger partial charge is 0.251 e. The predicted molar refractivity (Wildman–Crippen MR) is 105 cm³/mol. The molecule has 0 unspecified atom stereocenters. The molecule has 156 valence electrons. The van der Waals surface area contributed by atoms with Gasteiger partial charge < -0.3 is 14.8 Å². The summed E-state index contributed by atoms with van der Waals surface area (Å²) in [7, 11) is -3.69. The van der Waals surface area contributed by atoms with Crippen LogP contribution in [0.2, 0.25) is 0 Å². The van der Waals surface area contributed by atoms with E-state index in [1.807, 2.05) is 0 Å². The van der Waals surface area contributed by atoms with Crippen molar-refractivity contribution in [1.82, 2.24) is 9.62 Å². The number of carbonyl (C=O) groups excluding carboxylic acids is 1. The van der Waals surface area contributed by atoms with Gasteiger partial charge in [0.1, 0.15) is 6.61 Å². The summed E-state index contributed by atoms with van der Waals surface area (Å²) >= 11 is 0. The number of carbonyl (C=O) groups is 1. The first-order valence-corrected chi connectivity index (χ1v) is 10.7. The molecule has 3 rings (SSSR count). The van der Waals surface area contributed by atoms with Crippen molar-refractivity contribution in [2.24, 2.45) is 0 Å². The number of halogens is 1. The van der Waals surface area contributed by atoms with E-state index in [-0.39, 0.29) is 42.4 Å². The fraction of sp³-hybridized carbons (Fsp3) is 0.350. The Morgan fingerprint density at radius 3 is 2.66 bits per heavy atom. The van der Waals surface area contributed by atoms with Gasteiger partial charge in [-0.1, -0.05) is 18.2 Å². The van der Waals surface area contributed by atoms with Gasteiger partial charge >= 0.3 is 0 Å². The molecule has 1 amide bonds. The quantitative estimate of drug-likeness (QED) is 0.690. The van der Waals surface area contributed by atoms with Gasteiger partial charge in [-0.25, -0.2) is 12.8 Å². The molecule has 9 heteroatoms. The van der Waals surface area contributed by atoms with E-state index in [9.17, 15) is 17.6 Å². The second-order valence-corrected chi connectivity index (χ2v) is 8.47. The summed E-state index contributed by atoms with van der Waals surface area (Å²) in [6, 6.07) is 10.5. The Balaban J connectivity index is 1.64. The molecule has 2 aromatic rings. The second-order valence-electron chi connectivity index (χ2n) is 6.53. The van der Waals surface area contributed by atoms with Crippen molar-refractivity contribution < 1.29 is 27.1 Å². The highest BCUT2D eigenvalue weighted by molar-refractivity contribution is 7.89. The number of hydrogen-bond acceptors (Lipinski definition) is 5. The lowest BCUT2D eigenvalue weighted by Gasteiger charge is -2.26. The Hall–Kier alpha value is -2.49. The van der Waals surface area contributed by atoms with Crippen molar-refractivity contribution in [1.29, 1.82) is 0 Å². The van der Waals surface area contributed by atoms with E-state index in [0.717, 1.165) is 0 Å². The Morgan fingerprint density at radius 2 is 1.93 bits per heavy atom. The van der Waals surface area contributed by atoms with Gasteiger partial charge in [0, 0.05) is 18.7 Å². The Kier molecular flexibility index (Phi) is 6.83. The van der Waals surface area contributed by atoms with Crippen LogP contribution in [0, 0.1) is 12.7 Å². The lowest BCUT2D eigenvalue weighted by atomic mass is 10.1. The fourth-order valence-corrected chi connectivity index (χ4v) is 4.36. The molecule has 0 saturated carbocycles. The van der Waals surface area contributed by atoms with Crippen LogP contribution in [0.3, 0.4) is 0 Å². The number of aryl methyl sites for hydroxylation is 1. The molecule has 0 atom stereocenters. The SMILES string of the molecule is Cc1ccc(S(=O)(=O)N2CCOCC2)cc1C(=O)NCCOc1ccccc1F. The van der Waals surface area contributed by atoms with E-state index in [1.165, 1.54) is 28.6 Å². The third-order valence-corrected chi connectivity index (χ3v) is 6.44. The summed E-state index contributed by atoms with van der Waals surface area (Å²) in [5.41, 5.74) is 0.920. The maximum Gasteiger partial charge on any atom is 0.251 e. The number of sulfonamides is 1. The minimum absolute atomic E-state index is 0.0674. The van der Waals surface area contributed by atoms with E-state index in [4.69, 9.17) is 9.47 Å². The highest BCUT2D eigenvalue weighted by Crippen LogP contribution is 2.21. The number of rotatable bonds is 7. The first kappa shape index (κ1) is 21.2. The van der Waals surface area contributed by atoms with Gasteiger partial charge in [-0.15, -0.1) is 0 Å². The number of benzene rings is 2. The normalized spacial score (nSPS) is 15.1. The summed E-state index contributed by atoms with van der Waals surface area (Å²) in [6.07, 6.45) is 0. The van der Waals surface area contributed by atoms with Crippen molar-refractivity contribution in [3.63, 3.8) is 0 Å². The van der Waals surface area contributed by atoms with Crippen molar-refractivity contribution in [2.45, 2.75) is 11.8 Å². The van der Waals surface area contributed by atoms with E-state index in [1.54, 1.807) is 25.1 Å². The van der Waals surface area contributed by atoms with Crippen LogP contribution in [0.4, 0.5) is 4.39 Å².